The first-order valence-corrected chi connectivity index (χ1v) is 19.4. The second kappa shape index (κ2) is 11.4. The van der Waals surface area contributed by atoms with E-state index in [1.807, 2.05) is 0 Å². The average Bonchev–Trinajstić information content (AvgIpc) is 3.94. The summed E-state index contributed by atoms with van der Waals surface area (Å²) in [5.41, 5.74) is 12.0. The van der Waals surface area contributed by atoms with Crippen LogP contribution in [0.5, 0.6) is 0 Å². The van der Waals surface area contributed by atoms with Crippen molar-refractivity contribution in [3.63, 3.8) is 0 Å². The van der Waals surface area contributed by atoms with Gasteiger partial charge in [-0.15, -0.1) is 0 Å². The Kier molecular flexibility index (Phi) is 6.10. The van der Waals surface area contributed by atoms with E-state index in [9.17, 15) is 0 Å². The lowest BCUT2D eigenvalue weighted by Gasteiger charge is -2.15. The van der Waals surface area contributed by atoms with Crippen LogP contribution < -0.4 is 0 Å². The third kappa shape index (κ3) is 4.23. The Balaban J connectivity index is 1.11. The van der Waals surface area contributed by atoms with Gasteiger partial charge in [0.1, 0.15) is 5.65 Å². The summed E-state index contributed by atoms with van der Waals surface area (Å²) >= 11 is 0. The zero-order chi connectivity index (χ0) is 37.2. The molecular weight excluding hydrogens is 695 g/mol. The molecule has 0 atom stereocenters. The first-order chi connectivity index (χ1) is 28.3. The van der Waals surface area contributed by atoms with Crippen molar-refractivity contribution in [3.05, 3.63) is 188 Å². The molecule has 0 unspecified atom stereocenters. The predicted molar refractivity (Wildman–Crippen MR) is 237 cm³/mol. The number of nitrogens with zero attached hydrogens (tertiary/aromatic N) is 5. The summed E-state index contributed by atoms with van der Waals surface area (Å²) in [5.74, 6) is 0.824. The highest BCUT2D eigenvalue weighted by Gasteiger charge is 2.23. The van der Waals surface area contributed by atoms with E-state index in [0.29, 0.717) is 0 Å². The summed E-state index contributed by atoms with van der Waals surface area (Å²) in [6, 6.07) is 67.9. The largest absolute Gasteiger partial charge is 0.309 e. The molecule has 0 aliphatic rings. The fraction of sp³-hybridized carbons (Fsp3) is 0. The van der Waals surface area contributed by atoms with Crippen molar-refractivity contribution in [2.75, 3.05) is 0 Å². The van der Waals surface area contributed by atoms with Crippen LogP contribution in [0.1, 0.15) is 0 Å². The van der Waals surface area contributed by atoms with E-state index in [4.69, 9.17) is 9.97 Å². The molecule has 4 heterocycles. The molecule has 0 bridgehead atoms. The van der Waals surface area contributed by atoms with Gasteiger partial charge in [-0.2, -0.15) is 0 Å². The van der Waals surface area contributed by atoms with Crippen molar-refractivity contribution in [1.29, 1.82) is 0 Å². The highest BCUT2D eigenvalue weighted by molar-refractivity contribution is 6.22. The molecule has 5 heteroatoms. The van der Waals surface area contributed by atoms with Gasteiger partial charge >= 0.3 is 0 Å². The smallest absolute Gasteiger partial charge is 0.221 e. The van der Waals surface area contributed by atoms with Crippen LogP contribution in [0, 0.1) is 0 Å². The number of rotatable bonds is 3. The Morgan fingerprint density at radius 1 is 0.351 bits per heavy atom. The fourth-order valence-electron chi connectivity index (χ4n) is 9.48. The van der Waals surface area contributed by atoms with Crippen LogP contribution in [0.25, 0.3) is 116 Å². The first kappa shape index (κ1) is 30.6. The summed E-state index contributed by atoms with van der Waals surface area (Å²) in [6.07, 6.45) is 0. The summed E-state index contributed by atoms with van der Waals surface area (Å²) in [7, 11) is 0. The number of hydrogen-bond acceptors (Lipinski definition) is 2. The molecular formula is C52H31N5. The van der Waals surface area contributed by atoms with E-state index in [2.05, 4.69) is 202 Å². The van der Waals surface area contributed by atoms with E-state index in [1.54, 1.807) is 0 Å². The van der Waals surface area contributed by atoms with Gasteiger partial charge in [0.2, 0.25) is 5.95 Å². The normalized spacial score (nSPS) is 12.2. The van der Waals surface area contributed by atoms with Gasteiger partial charge < -0.3 is 4.57 Å². The van der Waals surface area contributed by atoms with Gasteiger partial charge in [0, 0.05) is 38.0 Å². The number of aromatic nitrogens is 5. The summed E-state index contributed by atoms with van der Waals surface area (Å²) in [6.45, 7) is 0. The number of para-hydroxylation sites is 5. The molecule has 264 valence electrons. The Morgan fingerprint density at radius 3 is 1.79 bits per heavy atom. The molecule has 13 aromatic rings. The van der Waals surface area contributed by atoms with Crippen LogP contribution in [0.4, 0.5) is 0 Å². The maximum atomic E-state index is 5.45. The SMILES string of the molecule is c1ccc2cc(-n3c4ccccc4c4cc(-c5cc6c7ccccc7n(-c7nc8ccccc8c8nc9ccccc9n78)c6c6ccccc56)ccc43)ccc2c1. The van der Waals surface area contributed by atoms with Crippen molar-refractivity contribution >= 4 is 92.7 Å². The van der Waals surface area contributed by atoms with Gasteiger partial charge in [0.25, 0.3) is 0 Å². The average molecular weight is 726 g/mol. The number of benzene rings is 9. The summed E-state index contributed by atoms with van der Waals surface area (Å²) in [5, 5.41) is 10.7. The first-order valence-electron chi connectivity index (χ1n) is 19.4. The van der Waals surface area contributed by atoms with Gasteiger partial charge in [-0.1, -0.05) is 121 Å². The van der Waals surface area contributed by atoms with Crippen LogP contribution in [0.2, 0.25) is 0 Å². The summed E-state index contributed by atoms with van der Waals surface area (Å²) < 4.78 is 7.02. The predicted octanol–water partition coefficient (Wildman–Crippen LogP) is 13.2. The molecule has 13 rings (SSSR count). The Bertz CT molecular complexity index is 3820. The molecule has 5 nitrogen and oxygen atoms in total. The number of imidazole rings is 1. The molecule has 4 aromatic heterocycles. The molecule has 0 saturated carbocycles. The lowest BCUT2D eigenvalue weighted by atomic mass is 9.94. The topological polar surface area (TPSA) is 40.0 Å². The second-order valence-corrected chi connectivity index (χ2v) is 15.0. The Morgan fingerprint density at radius 2 is 0.965 bits per heavy atom. The maximum Gasteiger partial charge on any atom is 0.221 e. The van der Waals surface area contributed by atoms with Crippen LogP contribution in [-0.2, 0) is 0 Å². The van der Waals surface area contributed by atoms with Crippen LogP contribution in [0.15, 0.2) is 188 Å². The zero-order valence-electron chi connectivity index (χ0n) is 30.6. The Hall–Kier alpha value is -7.76. The van der Waals surface area contributed by atoms with Gasteiger partial charge in [-0.25, -0.2) is 9.97 Å². The van der Waals surface area contributed by atoms with E-state index in [0.717, 1.165) is 50.3 Å². The van der Waals surface area contributed by atoms with Crippen molar-refractivity contribution in [3.8, 4) is 22.8 Å². The van der Waals surface area contributed by atoms with E-state index >= 15 is 0 Å². The molecule has 0 aliphatic carbocycles. The van der Waals surface area contributed by atoms with Crippen LogP contribution >= 0.6 is 0 Å². The van der Waals surface area contributed by atoms with Gasteiger partial charge in [0.05, 0.1) is 38.6 Å². The standard InChI is InChI=1S/C52H31N5/c1-2-14-33-29-35(27-25-32(33)13-1)55-46-22-10-6-16-37(46)42-30-34(26-28-48(42)55)41-31-43-38-17-7-11-23-47(38)56(50(43)39-18-4-3-15-36(39)41)52-54-44-20-8-5-19-40(44)51-53-45-21-9-12-24-49(45)57(51)52/h1-31H. The molecule has 9 aromatic carbocycles. The van der Waals surface area contributed by atoms with Gasteiger partial charge in [-0.05, 0) is 94.0 Å². The fourth-order valence-corrected chi connectivity index (χ4v) is 9.48. The minimum atomic E-state index is 0.824. The molecule has 57 heavy (non-hydrogen) atoms. The van der Waals surface area contributed by atoms with E-state index in [-0.39, 0.29) is 0 Å². The highest BCUT2D eigenvalue weighted by Crippen LogP contribution is 2.43. The van der Waals surface area contributed by atoms with Gasteiger partial charge in [0.15, 0.2) is 0 Å². The summed E-state index contributed by atoms with van der Waals surface area (Å²) in [4.78, 5) is 10.6. The number of fused-ring (bicyclic) bond motifs is 14. The molecule has 0 amide bonds. The third-order valence-electron chi connectivity index (χ3n) is 12.0. The van der Waals surface area contributed by atoms with E-state index in [1.165, 1.54) is 65.3 Å². The van der Waals surface area contributed by atoms with Gasteiger partial charge in [-0.3, -0.25) is 8.97 Å². The lowest BCUT2D eigenvalue weighted by molar-refractivity contribution is 0.982. The molecule has 0 radical (unpaired) electrons. The minimum Gasteiger partial charge on any atom is -0.309 e. The van der Waals surface area contributed by atoms with Crippen molar-refractivity contribution in [2.24, 2.45) is 0 Å². The van der Waals surface area contributed by atoms with Crippen LogP contribution in [-0.4, -0.2) is 23.5 Å². The molecule has 0 saturated heterocycles. The lowest BCUT2D eigenvalue weighted by Crippen LogP contribution is -2.06. The van der Waals surface area contributed by atoms with Crippen molar-refractivity contribution in [2.45, 2.75) is 0 Å². The Labute approximate surface area is 325 Å². The highest BCUT2D eigenvalue weighted by atomic mass is 15.2. The number of hydrogen-bond donors (Lipinski definition) is 0. The van der Waals surface area contributed by atoms with Crippen molar-refractivity contribution < 1.29 is 0 Å². The molecule has 0 fully saturated rings. The molecule has 0 N–H and O–H groups in total. The second-order valence-electron chi connectivity index (χ2n) is 15.0. The third-order valence-corrected chi connectivity index (χ3v) is 12.0. The molecule has 0 aliphatic heterocycles. The molecule has 0 spiro atoms. The minimum absolute atomic E-state index is 0.824. The monoisotopic (exact) mass is 725 g/mol. The maximum absolute atomic E-state index is 5.45. The zero-order valence-corrected chi connectivity index (χ0v) is 30.6. The van der Waals surface area contributed by atoms with Crippen LogP contribution in [0.3, 0.4) is 0 Å². The van der Waals surface area contributed by atoms with Crippen molar-refractivity contribution in [1.82, 2.24) is 23.5 Å². The van der Waals surface area contributed by atoms with E-state index < -0.39 is 0 Å². The quantitative estimate of drug-likeness (QED) is 0.182.